The van der Waals surface area contributed by atoms with Crippen LogP contribution in [0.15, 0.2) is 0 Å². The lowest BCUT2D eigenvalue weighted by atomic mass is 9.98. The molecule has 1 atom stereocenters. The van der Waals surface area contributed by atoms with E-state index >= 15 is 0 Å². The van der Waals surface area contributed by atoms with E-state index in [9.17, 15) is 19.5 Å². The maximum atomic E-state index is 11.8. The normalized spacial score (nSPS) is 21.0. The van der Waals surface area contributed by atoms with E-state index in [2.05, 4.69) is 5.32 Å². The Hall–Kier alpha value is -1.63. The predicted molar refractivity (Wildman–Crippen MR) is 75.7 cm³/mol. The molecule has 120 valence electrons. The highest BCUT2D eigenvalue weighted by molar-refractivity contribution is 5.87. The third-order valence-corrected chi connectivity index (χ3v) is 3.72. The standard InChI is InChI=1S/C14H24N2O5/c1-3-16(4-2)12(18)7-5-6-11(17)15-14(13(19)20)8-9-21-10-14/h3-10H2,1-2H3,(H,15,17)(H,19,20). The van der Waals surface area contributed by atoms with Gasteiger partial charge in [0.25, 0.3) is 0 Å². The molecule has 0 aromatic carbocycles. The molecule has 0 aromatic heterocycles. The fourth-order valence-corrected chi connectivity index (χ4v) is 2.35. The summed E-state index contributed by atoms with van der Waals surface area (Å²) in [5, 5.41) is 11.7. The van der Waals surface area contributed by atoms with Gasteiger partial charge in [-0.1, -0.05) is 0 Å². The van der Waals surface area contributed by atoms with E-state index in [1.54, 1.807) is 4.90 Å². The van der Waals surface area contributed by atoms with E-state index in [1.807, 2.05) is 13.8 Å². The van der Waals surface area contributed by atoms with E-state index in [0.29, 0.717) is 32.5 Å². The van der Waals surface area contributed by atoms with Crippen LogP contribution in [0, 0.1) is 0 Å². The number of amides is 2. The zero-order valence-corrected chi connectivity index (χ0v) is 12.7. The Kier molecular flexibility index (Phi) is 6.61. The summed E-state index contributed by atoms with van der Waals surface area (Å²) in [6, 6.07) is 0. The van der Waals surface area contributed by atoms with Crippen LogP contribution in [0.3, 0.4) is 0 Å². The zero-order valence-electron chi connectivity index (χ0n) is 12.7. The summed E-state index contributed by atoms with van der Waals surface area (Å²) in [5.41, 5.74) is -1.31. The average Bonchev–Trinajstić information content (AvgIpc) is 2.90. The Morgan fingerprint density at radius 3 is 2.38 bits per heavy atom. The Labute approximate surface area is 124 Å². The fraction of sp³-hybridized carbons (Fsp3) is 0.786. The van der Waals surface area contributed by atoms with Crippen LogP contribution in [-0.4, -0.2) is 59.6 Å². The van der Waals surface area contributed by atoms with Crippen LogP contribution >= 0.6 is 0 Å². The number of aliphatic carboxylic acids is 1. The molecule has 1 unspecified atom stereocenters. The van der Waals surface area contributed by atoms with Crippen LogP contribution in [0.1, 0.15) is 39.5 Å². The Balaban J connectivity index is 2.37. The fourth-order valence-electron chi connectivity index (χ4n) is 2.35. The molecule has 1 heterocycles. The molecule has 1 rings (SSSR count). The predicted octanol–water partition coefficient (Wildman–Crippen LogP) is 0.385. The highest BCUT2D eigenvalue weighted by Gasteiger charge is 2.43. The molecule has 7 nitrogen and oxygen atoms in total. The molecule has 2 amide bonds. The van der Waals surface area contributed by atoms with Crippen molar-refractivity contribution in [2.75, 3.05) is 26.3 Å². The van der Waals surface area contributed by atoms with Crippen molar-refractivity contribution in [3.05, 3.63) is 0 Å². The van der Waals surface area contributed by atoms with Crippen molar-refractivity contribution in [1.29, 1.82) is 0 Å². The number of carboxylic acids is 1. The highest BCUT2D eigenvalue weighted by Crippen LogP contribution is 2.19. The lowest BCUT2D eigenvalue weighted by Gasteiger charge is -2.23. The largest absolute Gasteiger partial charge is 0.479 e. The molecule has 0 aromatic rings. The Morgan fingerprint density at radius 1 is 1.24 bits per heavy atom. The molecule has 2 N–H and O–H groups in total. The summed E-state index contributed by atoms with van der Waals surface area (Å²) in [6.07, 6.45) is 1.12. The third kappa shape index (κ3) is 4.70. The van der Waals surface area contributed by atoms with E-state index in [0.717, 1.165) is 0 Å². The van der Waals surface area contributed by atoms with Crippen LogP contribution in [0.5, 0.6) is 0 Å². The first-order valence-electron chi connectivity index (χ1n) is 7.35. The molecule has 0 spiro atoms. The maximum Gasteiger partial charge on any atom is 0.331 e. The zero-order chi connectivity index (χ0) is 15.9. The molecule has 7 heteroatoms. The molecule has 1 saturated heterocycles. The molecule has 1 fully saturated rings. The minimum absolute atomic E-state index is 0.00749. The van der Waals surface area contributed by atoms with Crippen LogP contribution in [0.2, 0.25) is 0 Å². The molecule has 1 aliphatic rings. The minimum Gasteiger partial charge on any atom is -0.479 e. The minimum atomic E-state index is -1.31. The highest BCUT2D eigenvalue weighted by atomic mass is 16.5. The number of carbonyl (C=O) groups excluding carboxylic acids is 2. The first-order chi connectivity index (χ1) is 9.95. The number of hydrogen-bond donors (Lipinski definition) is 2. The van der Waals surface area contributed by atoms with Crippen LogP contribution in [-0.2, 0) is 19.1 Å². The molecule has 0 aliphatic carbocycles. The van der Waals surface area contributed by atoms with Gasteiger partial charge in [0.15, 0.2) is 5.54 Å². The summed E-state index contributed by atoms with van der Waals surface area (Å²) in [6.45, 7) is 5.44. The number of carboxylic acid groups (broad SMARTS) is 1. The van der Waals surface area contributed by atoms with Gasteiger partial charge in [0.05, 0.1) is 6.61 Å². The van der Waals surface area contributed by atoms with Gasteiger partial charge >= 0.3 is 5.97 Å². The second-order valence-corrected chi connectivity index (χ2v) is 5.16. The summed E-state index contributed by atoms with van der Waals surface area (Å²) in [5.74, 6) is -1.41. The second kappa shape index (κ2) is 7.97. The lowest BCUT2D eigenvalue weighted by Crippen LogP contribution is -2.55. The topological polar surface area (TPSA) is 95.9 Å². The number of hydrogen-bond acceptors (Lipinski definition) is 4. The molecule has 0 radical (unpaired) electrons. The summed E-state index contributed by atoms with van der Waals surface area (Å²) >= 11 is 0. The molecule has 0 bridgehead atoms. The number of nitrogens with one attached hydrogen (secondary N) is 1. The third-order valence-electron chi connectivity index (χ3n) is 3.72. The molecule has 1 aliphatic heterocycles. The van der Waals surface area contributed by atoms with Crippen molar-refractivity contribution in [3.63, 3.8) is 0 Å². The first-order valence-corrected chi connectivity index (χ1v) is 7.35. The van der Waals surface area contributed by atoms with Crippen molar-refractivity contribution in [2.24, 2.45) is 0 Å². The summed E-state index contributed by atoms with van der Waals surface area (Å²) in [4.78, 5) is 36.6. The molecular weight excluding hydrogens is 276 g/mol. The SMILES string of the molecule is CCN(CC)C(=O)CCCC(=O)NC1(C(=O)O)CCOC1. The number of nitrogens with zero attached hydrogens (tertiary/aromatic N) is 1. The average molecular weight is 300 g/mol. The monoisotopic (exact) mass is 300 g/mol. The van der Waals surface area contributed by atoms with Crippen LogP contribution in [0.25, 0.3) is 0 Å². The summed E-state index contributed by atoms with van der Waals surface area (Å²) in [7, 11) is 0. The number of ether oxygens (including phenoxy) is 1. The van der Waals surface area contributed by atoms with E-state index in [1.165, 1.54) is 0 Å². The number of rotatable bonds is 8. The van der Waals surface area contributed by atoms with Gasteiger partial charge in [0.2, 0.25) is 11.8 Å². The van der Waals surface area contributed by atoms with Gasteiger partial charge in [-0.2, -0.15) is 0 Å². The lowest BCUT2D eigenvalue weighted by molar-refractivity contribution is -0.147. The van der Waals surface area contributed by atoms with Gasteiger partial charge in [-0.3, -0.25) is 9.59 Å². The quantitative estimate of drug-likeness (QED) is 0.676. The van der Waals surface area contributed by atoms with E-state index in [-0.39, 0.29) is 31.3 Å². The second-order valence-electron chi connectivity index (χ2n) is 5.16. The first kappa shape index (κ1) is 17.4. The Morgan fingerprint density at radius 2 is 1.90 bits per heavy atom. The number of carbonyl (C=O) groups is 3. The van der Waals surface area contributed by atoms with Crippen molar-refractivity contribution >= 4 is 17.8 Å². The van der Waals surface area contributed by atoms with Crippen molar-refractivity contribution in [1.82, 2.24) is 10.2 Å². The van der Waals surface area contributed by atoms with Crippen molar-refractivity contribution in [3.8, 4) is 0 Å². The Bertz CT molecular complexity index is 387. The van der Waals surface area contributed by atoms with Crippen molar-refractivity contribution in [2.45, 2.75) is 45.1 Å². The molecule has 0 saturated carbocycles. The molecule has 21 heavy (non-hydrogen) atoms. The van der Waals surface area contributed by atoms with Crippen molar-refractivity contribution < 1.29 is 24.2 Å². The van der Waals surface area contributed by atoms with Crippen LogP contribution < -0.4 is 5.32 Å². The van der Waals surface area contributed by atoms with Gasteiger partial charge in [0, 0.05) is 39.0 Å². The molecular formula is C14H24N2O5. The maximum absolute atomic E-state index is 11.8. The van der Waals surface area contributed by atoms with E-state index < -0.39 is 11.5 Å². The van der Waals surface area contributed by atoms with Gasteiger partial charge in [-0.05, 0) is 20.3 Å². The van der Waals surface area contributed by atoms with Gasteiger partial charge < -0.3 is 20.1 Å². The summed E-state index contributed by atoms with van der Waals surface area (Å²) < 4.78 is 5.07. The van der Waals surface area contributed by atoms with E-state index in [4.69, 9.17) is 4.74 Å². The van der Waals surface area contributed by atoms with Gasteiger partial charge in [-0.15, -0.1) is 0 Å². The smallest absolute Gasteiger partial charge is 0.331 e. The van der Waals surface area contributed by atoms with Gasteiger partial charge in [-0.25, -0.2) is 4.79 Å². The van der Waals surface area contributed by atoms with Gasteiger partial charge in [0.1, 0.15) is 0 Å². The van der Waals surface area contributed by atoms with Crippen LogP contribution in [0.4, 0.5) is 0 Å².